The van der Waals surface area contributed by atoms with E-state index in [9.17, 15) is 4.79 Å². The first-order chi connectivity index (χ1) is 14.5. The molecule has 0 aliphatic rings. The van der Waals surface area contributed by atoms with Crippen molar-refractivity contribution in [1.82, 2.24) is 4.57 Å². The molecule has 30 heavy (non-hydrogen) atoms. The molecule has 2 rings (SSSR count). The number of rotatable bonds is 13. The highest BCUT2D eigenvalue weighted by molar-refractivity contribution is 5.90. The van der Waals surface area contributed by atoms with Crippen LogP contribution >= 0.6 is 0 Å². The summed E-state index contributed by atoms with van der Waals surface area (Å²) in [7, 11) is 0. The highest BCUT2D eigenvalue weighted by atomic mass is 16.5. The van der Waals surface area contributed by atoms with Gasteiger partial charge < -0.3 is 19.8 Å². The van der Waals surface area contributed by atoms with E-state index >= 15 is 0 Å². The number of unbranched alkanes of at least 4 members (excludes halogenated alkanes) is 5. The number of aryl methyl sites for hydroxylation is 1. The summed E-state index contributed by atoms with van der Waals surface area (Å²) < 4.78 is 13.6. The van der Waals surface area contributed by atoms with E-state index in [1.54, 1.807) is 10.6 Å². The molecule has 0 spiro atoms. The summed E-state index contributed by atoms with van der Waals surface area (Å²) >= 11 is 0. The Morgan fingerprint density at radius 1 is 1.07 bits per heavy atom. The third kappa shape index (κ3) is 6.41. The van der Waals surface area contributed by atoms with Crippen LogP contribution in [0.5, 0.6) is 11.5 Å². The SMILES string of the molecule is C=CCOc1c(OCC=C(C)C)c2ccc(N)cc2n(CCCCCCCC)c1=O. The molecule has 0 amide bonds. The molecule has 164 valence electrons. The average molecular weight is 413 g/mol. The van der Waals surface area contributed by atoms with Crippen molar-refractivity contribution in [3.8, 4) is 11.5 Å². The van der Waals surface area contributed by atoms with Gasteiger partial charge in [-0.15, -0.1) is 0 Å². The maximum absolute atomic E-state index is 13.4. The van der Waals surface area contributed by atoms with Gasteiger partial charge in [0, 0.05) is 17.6 Å². The van der Waals surface area contributed by atoms with E-state index < -0.39 is 0 Å². The fourth-order valence-corrected chi connectivity index (χ4v) is 3.39. The quantitative estimate of drug-likeness (QED) is 0.254. The Bertz CT molecular complexity index is 924. The minimum Gasteiger partial charge on any atom is -0.485 e. The normalized spacial score (nSPS) is 10.8. The van der Waals surface area contributed by atoms with Crippen LogP contribution in [0.15, 0.2) is 47.3 Å². The van der Waals surface area contributed by atoms with Crippen LogP contribution in [0.25, 0.3) is 10.9 Å². The van der Waals surface area contributed by atoms with Crippen molar-refractivity contribution in [2.75, 3.05) is 18.9 Å². The summed E-state index contributed by atoms with van der Waals surface area (Å²) in [6.45, 7) is 11.2. The van der Waals surface area contributed by atoms with Gasteiger partial charge in [-0.3, -0.25) is 4.79 Å². The van der Waals surface area contributed by atoms with Crippen LogP contribution in [0, 0.1) is 0 Å². The Kier molecular flexibility index (Phi) is 9.52. The van der Waals surface area contributed by atoms with E-state index in [1.807, 2.05) is 38.1 Å². The molecule has 0 saturated carbocycles. The standard InChI is InChI=1S/C25H36N2O3/c1-5-7-8-9-10-11-15-27-22-18-20(26)12-13-21(22)23(30-17-14-19(3)4)24(25(27)28)29-16-6-2/h6,12-14,18H,2,5,7-11,15-17,26H2,1,3-4H3. The van der Waals surface area contributed by atoms with Gasteiger partial charge in [0.2, 0.25) is 5.75 Å². The Morgan fingerprint density at radius 3 is 2.47 bits per heavy atom. The Hall–Kier alpha value is -2.69. The van der Waals surface area contributed by atoms with Crippen LogP contribution in [0.4, 0.5) is 5.69 Å². The number of hydrogen-bond acceptors (Lipinski definition) is 4. The van der Waals surface area contributed by atoms with Gasteiger partial charge in [0.25, 0.3) is 5.56 Å². The Morgan fingerprint density at radius 2 is 1.77 bits per heavy atom. The molecule has 1 aromatic heterocycles. The molecule has 1 aromatic carbocycles. The van der Waals surface area contributed by atoms with Crippen LogP contribution in [-0.4, -0.2) is 17.8 Å². The smallest absolute Gasteiger partial charge is 0.297 e. The van der Waals surface area contributed by atoms with Gasteiger partial charge in [0.1, 0.15) is 13.2 Å². The van der Waals surface area contributed by atoms with Crippen LogP contribution in [0.2, 0.25) is 0 Å². The molecule has 2 N–H and O–H groups in total. The first kappa shape index (κ1) is 23.6. The minimum absolute atomic E-state index is 0.185. The molecule has 0 aliphatic heterocycles. The lowest BCUT2D eigenvalue weighted by Crippen LogP contribution is -2.24. The highest BCUT2D eigenvalue weighted by Gasteiger charge is 2.19. The minimum atomic E-state index is -0.185. The van der Waals surface area contributed by atoms with E-state index in [1.165, 1.54) is 25.7 Å². The molecule has 0 aliphatic carbocycles. The zero-order valence-electron chi connectivity index (χ0n) is 18.7. The van der Waals surface area contributed by atoms with Crippen molar-refractivity contribution in [3.05, 3.63) is 52.9 Å². The number of ether oxygens (including phenoxy) is 2. The fraction of sp³-hybridized carbons (Fsp3) is 0.480. The largest absolute Gasteiger partial charge is 0.485 e. The summed E-state index contributed by atoms with van der Waals surface area (Å²) in [5, 5.41) is 0.830. The first-order valence-corrected chi connectivity index (χ1v) is 11.0. The zero-order valence-corrected chi connectivity index (χ0v) is 18.7. The second-order valence-corrected chi connectivity index (χ2v) is 7.85. The second-order valence-electron chi connectivity index (χ2n) is 7.85. The number of nitrogens with zero attached hydrogens (tertiary/aromatic N) is 1. The lowest BCUT2D eigenvalue weighted by atomic mass is 10.1. The molecule has 5 nitrogen and oxygen atoms in total. The fourth-order valence-electron chi connectivity index (χ4n) is 3.39. The first-order valence-electron chi connectivity index (χ1n) is 11.0. The molecule has 0 saturated heterocycles. The van der Waals surface area contributed by atoms with Gasteiger partial charge in [-0.25, -0.2) is 0 Å². The van der Waals surface area contributed by atoms with E-state index in [0.717, 1.165) is 29.3 Å². The van der Waals surface area contributed by atoms with Gasteiger partial charge in [-0.2, -0.15) is 0 Å². The lowest BCUT2D eigenvalue weighted by Gasteiger charge is -2.18. The second kappa shape index (κ2) is 12.1. The third-order valence-corrected chi connectivity index (χ3v) is 5.00. The van der Waals surface area contributed by atoms with Gasteiger partial charge in [-0.1, -0.05) is 57.3 Å². The topological polar surface area (TPSA) is 66.5 Å². The van der Waals surface area contributed by atoms with Crippen molar-refractivity contribution >= 4 is 16.6 Å². The lowest BCUT2D eigenvalue weighted by molar-refractivity contribution is 0.304. The van der Waals surface area contributed by atoms with Crippen LogP contribution < -0.4 is 20.8 Å². The summed E-state index contributed by atoms with van der Waals surface area (Å²) in [5.41, 5.74) is 8.42. The number of fused-ring (bicyclic) bond motifs is 1. The van der Waals surface area contributed by atoms with Crippen molar-refractivity contribution in [2.45, 2.75) is 65.8 Å². The summed E-state index contributed by atoms with van der Waals surface area (Å²) in [5.74, 6) is 0.703. The molecule has 2 aromatic rings. The number of anilines is 1. The van der Waals surface area contributed by atoms with Crippen molar-refractivity contribution < 1.29 is 9.47 Å². The molecule has 1 heterocycles. The summed E-state index contributed by atoms with van der Waals surface area (Å²) in [6, 6.07) is 5.58. The Balaban J connectivity index is 2.45. The number of allylic oxidation sites excluding steroid dienone is 1. The van der Waals surface area contributed by atoms with Crippen molar-refractivity contribution in [2.24, 2.45) is 0 Å². The average Bonchev–Trinajstić information content (AvgIpc) is 2.71. The zero-order chi connectivity index (χ0) is 21.9. The summed E-state index contributed by atoms with van der Waals surface area (Å²) in [6.07, 6.45) is 10.5. The molecule has 0 radical (unpaired) electrons. The third-order valence-electron chi connectivity index (χ3n) is 5.00. The van der Waals surface area contributed by atoms with E-state index in [2.05, 4.69) is 13.5 Å². The van der Waals surface area contributed by atoms with Crippen molar-refractivity contribution in [1.29, 1.82) is 0 Å². The number of hydrogen-bond donors (Lipinski definition) is 1. The molecule has 0 unspecified atom stereocenters. The van der Waals surface area contributed by atoms with Gasteiger partial charge in [0.05, 0.1) is 5.52 Å². The number of aromatic nitrogens is 1. The Labute approximate surface area is 180 Å². The molecular formula is C25H36N2O3. The molecule has 0 atom stereocenters. The summed E-state index contributed by atoms with van der Waals surface area (Å²) in [4.78, 5) is 13.4. The maximum Gasteiger partial charge on any atom is 0.297 e. The van der Waals surface area contributed by atoms with Gasteiger partial charge in [0.15, 0.2) is 5.75 Å². The van der Waals surface area contributed by atoms with Crippen LogP contribution in [0.3, 0.4) is 0 Å². The molecular weight excluding hydrogens is 376 g/mol. The van der Waals surface area contributed by atoms with E-state index in [4.69, 9.17) is 15.2 Å². The number of pyridine rings is 1. The molecule has 0 bridgehead atoms. The maximum atomic E-state index is 13.4. The van der Waals surface area contributed by atoms with Gasteiger partial charge in [-0.05, 0) is 44.5 Å². The molecule has 5 heteroatoms. The van der Waals surface area contributed by atoms with Crippen LogP contribution in [0.1, 0.15) is 59.3 Å². The van der Waals surface area contributed by atoms with E-state index in [0.29, 0.717) is 24.6 Å². The number of nitrogens with two attached hydrogens (primary N) is 1. The number of benzene rings is 1. The monoisotopic (exact) mass is 412 g/mol. The van der Waals surface area contributed by atoms with Crippen LogP contribution in [-0.2, 0) is 6.54 Å². The van der Waals surface area contributed by atoms with Gasteiger partial charge >= 0.3 is 0 Å². The number of nitrogen functional groups attached to an aromatic ring is 1. The van der Waals surface area contributed by atoms with E-state index in [-0.39, 0.29) is 17.9 Å². The predicted molar refractivity (Wildman–Crippen MR) is 127 cm³/mol. The van der Waals surface area contributed by atoms with Crippen molar-refractivity contribution in [3.63, 3.8) is 0 Å². The highest BCUT2D eigenvalue weighted by Crippen LogP contribution is 2.34. The molecule has 0 fully saturated rings. The predicted octanol–water partition coefficient (Wildman–Crippen LogP) is 5.85.